The fraction of sp³-hybridized carbons (Fsp3) is 0.400. The van der Waals surface area contributed by atoms with Crippen LogP contribution < -0.4 is 16.6 Å². The number of hydrogen-bond acceptors (Lipinski definition) is 8. The summed E-state index contributed by atoms with van der Waals surface area (Å²) in [5, 5.41) is 12.2. The number of nitrogens with two attached hydrogens (primary N) is 1. The molecule has 2 aromatic rings. The maximum Gasteiger partial charge on any atom is 0.243 e. The number of rotatable bonds is 6. The van der Waals surface area contributed by atoms with Crippen molar-refractivity contribution in [3.05, 3.63) is 18.7 Å². The van der Waals surface area contributed by atoms with Gasteiger partial charge in [-0.05, 0) is 6.42 Å². The van der Waals surface area contributed by atoms with Crippen molar-refractivity contribution in [1.29, 1.82) is 0 Å². The lowest BCUT2D eigenvalue weighted by atomic mass is 10.2. The van der Waals surface area contributed by atoms with Crippen LogP contribution in [0.15, 0.2) is 18.7 Å². The molecule has 0 radical (unpaired) electrons. The first kappa shape index (κ1) is 13.2. The molecule has 1 unspecified atom stereocenters. The summed E-state index contributed by atoms with van der Waals surface area (Å²) in [6.07, 6.45) is 5.65. The van der Waals surface area contributed by atoms with Gasteiger partial charge >= 0.3 is 0 Å². The number of aliphatic hydroxyl groups excluding tert-OH is 1. The molecule has 2 aromatic heterocycles. The van der Waals surface area contributed by atoms with Crippen LogP contribution in [0.25, 0.3) is 5.95 Å². The van der Waals surface area contributed by atoms with Crippen LogP contribution in [-0.4, -0.2) is 42.3 Å². The van der Waals surface area contributed by atoms with Crippen molar-refractivity contribution in [1.82, 2.24) is 24.5 Å². The maximum atomic E-state index is 9.18. The summed E-state index contributed by atoms with van der Waals surface area (Å²) >= 11 is 0. The molecule has 0 saturated heterocycles. The largest absolute Gasteiger partial charge is 0.394 e. The third kappa shape index (κ3) is 3.14. The van der Waals surface area contributed by atoms with Crippen LogP contribution in [0, 0.1) is 0 Å². The summed E-state index contributed by atoms with van der Waals surface area (Å²) in [5.74, 6) is 6.29. The molecule has 102 valence electrons. The molecule has 9 nitrogen and oxygen atoms in total. The quantitative estimate of drug-likeness (QED) is 0.407. The molecule has 0 amide bonds. The van der Waals surface area contributed by atoms with E-state index in [0.29, 0.717) is 11.9 Å². The zero-order valence-electron chi connectivity index (χ0n) is 10.5. The van der Waals surface area contributed by atoms with Gasteiger partial charge in [0.15, 0.2) is 0 Å². The summed E-state index contributed by atoms with van der Waals surface area (Å²) in [7, 11) is 0. The highest BCUT2D eigenvalue weighted by Crippen LogP contribution is 2.10. The molecule has 2 rings (SSSR count). The first-order chi connectivity index (χ1) is 9.26. The van der Waals surface area contributed by atoms with E-state index in [1.54, 1.807) is 23.3 Å². The molecule has 2 heterocycles. The van der Waals surface area contributed by atoms with Crippen LogP contribution in [0.2, 0.25) is 0 Å². The third-order valence-corrected chi connectivity index (χ3v) is 2.53. The smallest absolute Gasteiger partial charge is 0.243 e. The van der Waals surface area contributed by atoms with Gasteiger partial charge in [-0.15, -0.1) is 0 Å². The number of imidazole rings is 1. The molecular formula is C10H16N8O. The SMILES string of the molecule is CCC(CO)Nc1nc(NN)nc(-n2ccnc2)n1. The highest BCUT2D eigenvalue weighted by atomic mass is 16.3. The number of nitrogens with zero attached hydrogens (tertiary/aromatic N) is 5. The zero-order valence-corrected chi connectivity index (χ0v) is 10.5. The molecule has 0 aromatic carbocycles. The second kappa shape index (κ2) is 6.07. The van der Waals surface area contributed by atoms with E-state index < -0.39 is 0 Å². The lowest BCUT2D eigenvalue weighted by molar-refractivity contribution is 0.271. The van der Waals surface area contributed by atoms with Crippen molar-refractivity contribution in [3.63, 3.8) is 0 Å². The Labute approximate surface area is 109 Å². The summed E-state index contributed by atoms with van der Waals surface area (Å²) in [6, 6.07) is -0.122. The van der Waals surface area contributed by atoms with Crippen LogP contribution in [0.1, 0.15) is 13.3 Å². The number of hydrogen-bond donors (Lipinski definition) is 4. The lowest BCUT2D eigenvalue weighted by Gasteiger charge is -2.14. The summed E-state index contributed by atoms with van der Waals surface area (Å²) in [6.45, 7) is 1.95. The van der Waals surface area contributed by atoms with E-state index in [1.807, 2.05) is 6.92 Å². The predicted octanol–water partition coefficient (Wildman–Crippen LogP) is -0.474. The Morgan fingerprint density at radius 1 is 1.37 bits per heavy atom. The van der Waals surface area contributed by atoms with Crippen molar-refractivity contribution in [3.8, 4) is 5.95 Å². The Bertz CT molecular complexity index is 510. The molecule has 0 bridgehead atoms. The fourth-order valence-electron chi connectivity index (χ4n) is 1.45. The van der Waals surface area contributed by atoms with Gasteiger partial charge in [-0.1, -0.05) is 6.92 Å². The summed E-state index contributed by atoms with van der Waals surface area (Å²) in [4.78, 5) is 16.4. The second-order valence-electron chi connectivity index (χ2n) is 3.83. The topological polar surface area (TPSA) is 127 Å². The van der Waals surface area contributed by atoms with Crippen LogP contribution >= 0.6 is 0 Å². The second-order valence-corrected chi connectivity index (χ2v) is 3.83. The molecule has 5 N–H and O–H groups in total. The predicted molar refractivity (Wildman–Crippen MR) is 69.5 cm³/mol. The van der Waals surface area contributed by atoms with Gasteiger partial charge in [-0.2, -0.15) is 15.0 Å². The van der Waals surface area contributed by atoms with Gasteiger partial charge in [0.1, 0.15) is 6.33 Å². The van der Waals surface area contributed by atoms with Crippen molar-refractivity contribution in [2.75, 3.05) is 17.3 Å². The Morgan fingerprint density at radius 2 is 2.16 bits per heavy atom. The van der Waals surface area contributed by atoms with E-state index in [1.165, 1.54) is 0 Å². The molecule has 19 heavy (non-hydrogen) atoms. The molecule has 1 atom stereocenters. The number of nitrogen functional groups attached to an aromatic ring is 1. The highest BCUT2D eigenvalue weighted by Gasteiger charge is 2.10. The number of aromatic nitrogens is 5. The first-order valence-electron chi connectivity index (χ1n) is 5.85. The van der Waals surface area contributed by atoms with Crippen LogP contribution in [0.5, 0.6) is 0 Å². The van der Waals surface area contributed by atoms with Crippen LogP contribution in [0.3, 0.4) is 0 Å². The lowest BCUT2D eigenvalue weighted by Crippen LogP contribution is -2.25. The maximum absolute atomic E-state index is 9.18. The molecule has 0 aliphatic carbocycles. The Balaban J connectivity index is 2.31. The van der Waals surface area contributed by atoms with Gasteiger partial charge in [0.25, 0.3) is 0 Å². The Hall–Kier alpha value is -2.26. The molecule has 0 fully saturated rings. The Morgan fingerprint density at radius 3 is 2.74 bits per heavy atom. The van der Waals surface area contributed by atoms with E-state index in [9.17, 15) is 5.11 Å². The highest BCUT2D eigenvalue weighted by molar-refractivity contribution is 5.37. The minimum atomic E-state index is -0.122. The number of hydrazine groups is 1. The average molecular weight is 264 g/mol. The third-order valence-electron chi connectivity index (χ3n) is 2.53. The summed E-state index contributed by atoms with van der Waals surface area (Å²) < 4.78 is 1.63. The summed E-state index contributed by atoms with van der Waals surface area (Å²) in [5.41, 5.74) is 2.38. The van der Waals surface area contributed by atoms with Crippen molar-refractivity contribution >= 4 is 11.9 Å². The average Bonchev–Trinajstić information content (AvgIpc) is 2.98. The van der Waals surface area contributed by atoms with Crippen LogP contribution in [-0.2, 0) is 0 Å². The van der Waals surface area contributed by atoms with Gasteiger partial charge in [-0.25, -0.2) is 10.8 Å². The first-order valence-corrected chi connectivity index (χ1v) is 5.85. The van der Waals surface area contributed by atoms with E-state index in [-0.39, 0.29) is 18.6 Å². The van der Waals surface area contributed by atoms with Crippen LogP contribution in [0.4, 0.5) is 11.9 Å². The zero-order chi connectivity index (χ0) is 13.7. The molecule has 0 spiro atoms. The van der Waals surface area contributed by atoms with Gasteiger partial charge in [0.05, 0.1) is 12.6 Å². The van der Waals surface area contributed by atoms with E-state index in [0.717, 1.165) is 6.42 Å². The molecule has 0 aliphatic rings. The molecule has 0 saturated carbocycles. The minimum Gasteiger partial charge on any atom is -0.394 e. The van der Waals surface area contributed by atoms with E-state index in [4.69, 9.17) is 5.84 Å². The molecular weight excluding hydrogens is 248 g/mol. The number of aliphatic hydroxyl groups is 1. The van der Waals surface area contributed by atoms with Gasteiger partial charge < -0.3 is 10.4 Å². The minimum absolute atomic E-state index is 0.00597. The fourth-order valence-corrected chi connectivity index (χ4v) is 1.45. The van der Waals surface area contributed by atoms with Crippen molar-refractivity contribution in [2.24, 2.45) is 5.84 Å². The monoisotopic (exact) mass is 264 g/mol. The van der Waals surface area contributed by atoms with Crippen molar-refractivity contribution in [2.45, 2.75) is 19.4 Å². The van der Waals surface area contributed by atoms with Crippen molar-refractivity contribution < 1.29 is 5.11 Å². The standard InChI is InChI=1S/C10H16N8O/c1-2-7(5-19)13-8-14-9(17-11)16-10(15-8)18-4-3-12-6-18/h3-4,6-7,19H,2,5,11H2,1H3,(H2,13,14,15,16,17). The molecule has 0 aliphatic heterocycles. The Kier molecular flexibility index (Phi) is 4.21. The van der Waals surface area contributed by atoms with E-state index >= 15 is 0 Å². The number of nitrogens with one attached hydrogen (secondary N) is 2. The van der Waals surface area contributed by atoms with Gasteiger partial charge in [0, 0.05) is 12.4 Å². The normalized spacial score (nSPS) is 12.2. The van der Waals surface area contributed by atoms with Gasteiger partial charge in [-0.3, -0.25) is 9.99 Å². The number of anilines is 2. The molecule has 9 heteroatoms. The van der Waals surface area contributed by atoms with Gasteiger partial charge in [0.2, 0.25) is 17.8 Å². The van der Waals surface area contributed by atoms with E-state index in [2.05, 4.69) is 30.7 Å².